The molecule has 1 atom stereocenters. The average Bonchev–Trinajstić information content (AvgIpc) is 2.01. The van der Waals surface area contributed by atoms with Crippen LogP contribution >= 0.6 is 0 Å². The van der Waals surface area contributed by atoms with Gasteiger partial charge in [0, 0.05) is 5.41 Å². The average molecular weight is 154 g/mol. The van der Waals surface area contributed by atoms with Gasteiger partial charge < -0.3 is 4.74 Å². The molecule has 0 aromatic heterocycles. The number of carbonyl (C=O) groups is 1. The van der Waals surface area contributed by atoms with Crippen molar-refractivity contribution in [2.75, 3.05) is 7.11 Å². The highest BCUT2D eigenvalue weighted by Gasteiger charge is 2.29. The number of ether oxygens (including phenoxy) is 1. The normalized spacial score (nSPS) is 13.4. The molecule has 11 heavy (non-hydrogen) atoms. The SMILES string of the molecule is C#CC(C)(C)[C@@H](C)C(=O)OC. The lowest BCUT2D eigenvalue weighted by atomic mass is 9.81. The van der Waals surface area contributed by atoms with Gasteiger partial charge in [-0.15, -0.1) is 6.42 Å². The molecule has 0 bridgehead atoms. The van der Waals surface area contributed by atoms with E-state index in [-0.39, 0.29) is 11.9 Å². The zero-order valence-corrected chi connectivity index (χ0v) is 7.47. The molecule has 0 saturated heterocycles. The summed E-state index contributed by atoms with van der Waals surface area (Å²) in [5.41, 5.74) is -0.424. The summed E-state index contributed by atoms with van der Waals surface area (Å²) < 4.78 is 4.57. The maximum absolute atomic E-state index is 11.0. The van der Waals surface area contributed by atoms with Crippen LogP contribution in [-0.2, 0) is 9.53 Å². The monoisotopic (exact) mass is 154 g/mol. The Morgan fingerprint density at radius 1 is 1.64 bits per heavy atom. The van der Waals surface area contributed by atoms with E-state index in [2.05, 4.69) is 10.7 Å². The standard InChI is InChI=1S/C9H14O2/c1-6-9(3,4)7(2)8(10)11-5/h1,7H,2-5H3/t7-/m0/s1. The first kappa shape index (κ1) is 10.0. The quantitative estimate of drug-likeness (QED) is 0.444. The summed E-state index contributed by atoms with van der Waals surface area (Å²) in [4.78, 5) is 11.0. The fraction of sp³-hybridized carbons (Fsp3) is 0.667. The summed E-state index contributed by atoms with van der Waals surface area (Å²) in [6.45, 7) is 5.45. The number of hydrogen-bond donors (Lipinski definition) is 0. The molecule has 0 heterocycles. The topological polar surface area (TPSA) is 26.3 Å². The van der Waals surface area contributed by atoms with E-state index in [9.17, 15) is 4.79 Å². The van der Waals surface area contributed by atoms with E-state index in [0.717, 1.165) is 0 Å². The number of esters is 1. The Kier molecular flexibility index (Phi) is 3.13. The second kappa shape index (κ2) is 3.43. The van der Waals surface area contributed by atoms with E-state index in [0.29, 0.717) is 0 Å². The van der Waals surface area contributed by atoms with Gasteiger partial charge in [-0.05, 0) is 13.8 Å². The van der Waals surface area contributed by atoms with E-state index >= 15 is 0 Å². The van der Waals surface area contributed by atoms with Crippen LogP contribution in [0.3, 0.4) is 0 Å². The second-order valence-corrected chi connectivity index (χ2v) is 3.11. The minimum atomic E-state index is -0.424. The minimum Gasteiger partial charge on any atom is -0.469 e. The molecule has 0 N–H and O–H groups in total. The van der Waals surface area contributed by atoms with E-state index in [1.807, 2.05) is 13.8 Å². The molecule has 0 saturated carbocycles. The van der Waals surface area contributed by atoms with Crippen molar-refractivity contribution in [1.82, 2.24) is 0 Å². The molecule has 0 aliphatic rings. The summed E-state index contributed by atoms with van der Waals surface area (Å²) in [6, 6.07) is 0. The Morgan fingerprint density at radius 3 is 2.36 bits per heavy atom. The molecule has 0 amide bonds. The van der Waals surface area contributed by atoms with Crippen LogP contribution < -0.4 is 0 Å². The van der Waals surface area contributed by atoms with Crippen molar-refractivity contribution in [3.63, 3.8) is 0 Å². The van der Waals surface area contributed by atoms with Crippen molar-refractivity contribution in [1.29, 1.82) is 0 Å². The number of terminal acetylenes is 1. The molecule has 2 nitrogen and oxygen atoms in total. The molecule has 62 valence electrons. The summed E-state index contributed by atoms with van der Waals surface area (Å²) in [6.07, 6.45) is 5.24. The molecular formula is C9H14O2. The highest BCUT2D eigenvalue weighted by atomic mass is 16.5. The first-order chi connectivity index (χ1) is 4.95. The molecule has 0 unspecified atom stereocenters. The highest BCUT2D eigenvalue weighted by Crippen LogP contribution is 2.25. The largest absolute Gasteiger partial charge is 0.469 e. The lowest BCUT2D eigenvalue weighted by Gasteiger charge is -2.23. The van der Waals surface area contributed by atoms with Crippen molar-refractivity contribution in [2.45, 2.75) is 20.8 Å². The van der Waals surface area contributed by atoms with E-state index < -0.39 is 5.41 Å². The van der Waals surface area contributed by atoms with Gasteiger partial charge in [-0.25, -0.2) is 0 Å². The molecular weight excluding hydrogens is 140 g/mol. The van der Waals surface area contributed by atoms with Crippen molar-refractivity contribution in [3.05, 3.63) is 0 Å². The predicted molar refractivity (Wildman–Crippen MR) is 43.8 cm³/mol. The second-order valence-electron chi connectivity index (χ2n) is 3.11. The Bertz CT molecular complexity index is 186. The lowest BCUT2D eigenvalue weighted by Crippen LogP contribution is -2.28. The van der Waals surface area contributed by atoms with Crippen LogP contribution in [-0.4, -0.2) is 13.1 Å². The van der Waals surface area contributed by atoms with Gasteiger partial charge >= 0.3 is 5.97 Å². The van der Waals surface area contributed by atoms with Crippen LogP contribution in [0, 0.1) is 23.7 Å². The molecule has 0 spiro atoms. The van der Waals surface area contributed by atoms with Crippen LogP contribution in [0.1, 0.15) is 20.8 Å². The van der Waals surface area contributed by atoms with Gasteiger partial charge in [0.25, 0.3) is 0 Å². The highest BCUT2D eigenvalue weighted by molar-refractivity contribution is 5.73. The molecule has 0 rings (SSSR count). The number of methoxy groups -OCH3 is 1. The first-order valence-electron chi connectivity index (χ1n) is 3.51. The Morgan fingerprint density at radius 2 is 2.09 bits per heavy atom. The van der Waals surface area contributed by atoms with Crippen LogP contribution in [0.15, 0.2) is 0 Å². The zero-order chi connectivity index (χ0) is 9.07. The van der Waals surface area contributed by atoms with Crippen LogP contribution in [0.2, 0.25) is 0 Å². The van der Waals surface area contributed by atoms with Crippen molar-refractivity contribution < 1.29 is 9.53 Å². The van der Waals surface area contributed by atoms with E-state index in [1.165, 1.54) is 7.11 Å². The third kappa shape index (κ3) is 2.27. The van der Waals surface area contributed by atoms with Gasteiger partial charge in [-0.1, -0.05) is 12.8 Å². The molecule has 0 radical (unpaired) electrons. The van der Waals surface area contributed by atoms with Gasteiger partial charge in [0.15, 0.2) is 0 Å². The Hall–Kier alpha value is -0.970. The summed E-state index contributed by atoms with van der Waals surface area (Å²) >= 11 is 0. The minimum absolute atomic E-state index is 0.252. The number of carbonyl (C=O) groups excluding carboxylic acids is 1. The van der Waals surface area contributed by atoms with Crippen molar-refractivity contribution in [3.8, 4) is 12.3 Å². The van der Waals surface area contributed by atoms with Crippen LogP contribution in [0.4, 0.5) is 0 Å². The Labute approximate surface area is 67.9 Å². The molecule has 0 aliphatic carbocycles. The van der Waals surface area contributed by atoms with Gasteiger partial charge in [0.05, 0.1) is 13.0 Å². The predicted octanol–water partition coefficient (Wildman–Crippen LogP) is 1.45. The van der Waals surface area contributed by atoms with Gasteiger partial charge in [0.2, 0.25) is 0 Å². The van der Waals surface area contributed by atoms with E-state index in [1.54, 1.807) is 6.92 Å². The fourth-order valence-corrected chi connectivity index (χ4v) is 0.596. The Balaban J connectivity index is 4.38. The summed E-state index contributed by atoms with van der Waals surface area (Å²) in [7, 11) is 1.37. The molecule has 0 aliphatic heterocycles. The third-order valence-electron chi connectivity index (χ3n) is 2.01. The summed E-state index contributed by atoms with van der Waals surface area (Å²) in [5.74, 6) is 2.05. The smallest absolute Gasteiger partial charge is 0.309 e. The fourth-order valence-electron chi connectivity index (χ4n) is 0.596. The molecule has 0 fully saturated rings. The third-order valence-corrected chi connectivity index (χ3v) is 2.01. The van der Waals surface area contributed by atoms with Gasteiger partial charge in [-0.3, -0.25) is 4.79 Å². The maximum atomic E-state index is 11.0. The lowest BCUT2D eigenvalue weighted by molar-refractivity contribution is -0.147. The molecule has 0 aromatic carbocycles. The van der Waals surface area contributed by atoms with Crippen LogP contribution in [0.5, 0.6) is 0 Å². The van der Waals surface area contributed by atoms with Gasteiger partial charge in [0.1, 0.15) is 0 Å². The van der Waals surface area contributed by atoms with Crippen molar-refractivity contribution >= 4 is 5.97 Å². The van der Waals surface area contributed by atoms with E-state index in [4.69, 9.17) is 6.42 Å². The molecule has 2 heteroatoms. The van der Waals surface area contributed by atoms with Crippen molar-refractivity contribution in [2.24, 2.45) is 11.3 Å². The van der Waals surface area contributed by atoms with Crippen LogP contribution in [0.25, 0.3) is 0 Å². The molecule has 0 aromatic rings. The number of rotatable bonds is 2. The zero-order valence-electron chi connectivity index (χ0n) is 7.47. The summed E-state index contributed by atoms with van der Waals surface area (Å²) in [5, 5.41) is 0. The number of hydrogen-bond acceptors (Lipinski definition) is 2. The first-order valence-corrected chi connectivity index (χ1v) is 3.51. The van der Waals surface area contributed by atoms with Gasteiger partial charge in [-0.2, -0.15) is 0 Å². The maximum Gasteiger partial charge on any atom is 0.309 e.